The Balaban J connectivity index is 2.00. The number of benzene rings is 1. The van der Waals surface area contributed by atoms with E-state index in [1.807, 2.05) is 0 Å². The second-order valence-electron chi connectivity index (χ2n) is 7.41. The van der Waals surface area contributed by atoms with Gasteiger partial charge in [-0.25, -0.2) is 8.78 Å². The first-order chi connectivity index (χ1) is 14.3. The molecular formula is C20H18F5N3O3. The fourth-order valence-electron chi connectivity index (χ4n) is 3.63. The van der Waals surface area contributed by atoms with Gasteiger partial charge in [0.2, 0.25) is 0 Å². The van der Waals surface area contributed by atoms with Gasteiger partial charge in [0.15, 0.2) is 17.2 Å². The molecule has 4 atom stereocenters. The van der Waals surface area contributed by atoms with Gasteiger partial charge in [0.1, 0.15) is 11.8 Å². The van der Waals surface area contributed by atoms with Crippen molar-refractivity contribution in [3.05, 3.63) is 59.4 Å². The van der Waals surface area contributed by atoms with Gasteiger partial charge in [-0.2, -0.15) is 13.2 Å². The Morgan fingerprint density at radius 3 is 2.42 bits per heavy atom. The van der Waals surface area contributed by atoms with E-state index in [1.165, 1.54) is 19.2 Å². The van der Waals surface area contributed by atoms with Crippen LogP contribution >= 0.6 is 0 Å². The maximum Gasteiger partial charge on any atom is 0.417 e. The Kier molecular flexibility index (Phi) is 5.74. The maximum absolute atomic E-state index is 13.8. The SMILES string of the molecule is C[C@@H]1[C@H](c2ccc(F)c(F)c2)[C@H](C(=O)Nc2ccnc(C(N)=O)c2)O[C@@]1(C)C(F)(F)F. The van der Waals surface area contributed by atoms with Crippen LogP contribution in [-0.2, 0) is 9.53 Å². The van der Waals surface area contributed by atoms with Crippen LogP contribution in [0.25, 0.3) is 0 Å². The van der Waals surface area contributed by atoms with Crippen LogP contribution in [0.15, 0.2) is 36.5 Å². The number of pyridine rings is 1. The zero-order valence-corrected chi connectivity index (χ0v) is 16.3. The van der Waals surface area contributed by atoms with Crippen LogP contribution in [0.3, 0.4) is 0 Å². The van der Waals surface area contributed by atoms with E-state index < -0.39 is 53.2 Å². The summed E-state index contributed by atoms with van der Waals surface area (Å²) in [4.78, 5) is 27.9. The molecule has 2 amide bonds. The van der Waals surface area contributed by atoms with Gasteiger partial charge in [-0.1, -0.05) is 13.0 Å². The molecule has 2 aromatic rings. The number of carbonyl (C=O) groups is 2. The van der Waals surface area contributed by atoms with E-state index >= 15 is 0 Å². The van der Waals surface area contributed by atoms with Crippen molar-refractivity contribution in [2.75, 3.05) is 5.32 Å². The fourth-order valence-corrected chi connectivity index (χ4v) is 3.63. The van der Waals surface area contributed by atoms with Crippen molar-refractivity contribution in [2.45, 2.75) is 37.6 Å². The summed E-state index contributed by atoms with van der Waals surface area (Å²) in [6.07, 6.45) is -5.34. The maximum atomic E-state index is 13.8. The number of nitrogens with zero attached hydrogens (tertiary/aromatic N) is 1. The minimum Gasteiger partial charge on any atom is -0.364 e. The molecule has 0 bridgehead atoms. The number of alkyl halides is 3. The largest absolute Gasteiger partial charge is 0.417 e. The highest BCUT2D eigenvalue weighted by molar-refractivity contribution is 5.97. The van der Waals surface area contributed by atoms with Crippen molar-refractivity contribution < 1.29 is 36.3 Å². The van der Waals surface area contributed by atoms with E-state index in [9.17, 15) is 31.5 Å². The van der Waals surface area contributed by atoms with Crippen molar-refractivity contribution in [3.63, 3.8) is 0 Å². The molecule has 0 saturated carbocycles. The number of halogens is 5. The van der Waals surface area contributed by atoms with Gasteiger partial charge in [0, 0.05) is 23.7 Å². The van der Waals surface area contributed by atoms with Crippen molar-refractivity contribution in [1.82, 2.24) is 4.98 Å². The lowest BCUT2D eigenvalue weighted by atomic mass is 9.77. The number of nitrogens with two attached hydrogens (primary N) is 1. The number of aromatic nitrogens is 1. The summed E-state index contributed by atoms with van der Waals surface area (Å²) in [5, 5.41) is 2.37. The third kappa shape index (κ3) is 4.09. The van der Waals surface area contributed by atoms with Gasteiger partial charge in [-0.15, -0.1) is 0 Å². The average Bonchev–Trinajstić information content (AvgIpc) is 2.96. The van der Waals surface area contributed by atoms with Crippen LogP contribution in [0.2, 0.25) is 0 Å². The summed E-state index contributed by atoms with van der Waals surface area (Å²) >= 11 is 0. The Hall–Kier alpha value is -3.08. The van der Waals surface area contributed by atoms with E-state index in [0.717, 1.165) is 31.2 Å². The third-order valence-corrected chi connectivity index (χ3v) is 5.54. The monoisotopic (exact) mass is 443 g/mol. The summed E-state index contributed by atoms with van der Waals surface area (Å²) < 4.78 is 73.7. The molecule has 0 unspecified atom stereocenters. The van der Waals surface area contributed by atoms with Crippen molar-refractivity contribution in [2.24, 2.45) is 11.7 Å². The summed E-state index contributed by atoms with van der Waals surface area (Å²) in [5.41, 5.74) is 2.27. The molecule has 3 N–H and O–H groups in total. The topological polar surface area (TPSA) is 94.3 Å². The first-order valence-corrected chi connectivity index (χ1v) is 9.11. The van der Waals surface area contributed by atoms with Crippen molar-refractivity contribution >= 4 is 17.5 Å². The Morgan fingerprint density at radius 2 is 1.84 bits per heavy atom. The number of primary amides is 1. The molecule has 31 heavy (non-hydrogen) atoms. The molecule has 0 aliphatic carbocycles. The molecule has 166 valence electrons. The summed E-state index contributed by atoms with van der Waals surface area (Å²) in [6, 6.07) is 5.09. The lowest BCUT2D eigenvalue weighted by molar-refractivity contribution is -0.272. The smallest absolute Gasteiger partial charge is 0.364 e. The number of nitrogens with one attached hydrogen (secondary N) is 1. The highest BCUT2D eigenvalue weighted by Gasteiger charge is 2.65. The Bertz CT molecular complexity index is 1030. The van der Waals surface area contributed by atoms with Gasteiger partial charge in [-0.05, 0) is 36.8 Å². The second-order valence-corrected chi connectivity index (χ2v) is 7.41. The van der Waals surface area contributed by atoms with Gasteiger partial charge in [-0.3, -0.25) is 14.6 Å². The van der Waals surface area contributed by atoms with E-state index in [1.54, 1.807) is 0 Å². The van der Waals surface area contributed by atoms with E-state index in [2.05, 4.69) is 10.3 Å². The summed E-state index contributed by atoms with van der Waals surface area (Å²) in [5.74, 6) is -6.82. The van der Waals surface area contributed by atoms with Gasteiger partial charge in [0.25, 0.3) is 11.8 Å². The predicted octanol–water partition coefficient (Wildman–Crippen LogP) is 3.54. The standard InChI is InChI=1S/C20H18F5N3O3/c1-9-15(10-3-4-12(21)13(22)7-10)16(31-19(9,2)20(23,24)25)18(30)28-11-5-6-27-14(8-11)17(26)29/h3-9,15-16H,1-2H3,(H2,26,29)(H,27,28,30)/t9-,15-,16-,19-/m1/s1. The third-order valence-electron chi connectivity index (χ3n) is 5.54. The average molecular weight is 443 g/mol. The normalized spacial score (nSPS) is 26.0. The number of hydrogen-bond acceptors (Lipinski definition) is 4. The number of hydrogen-bond donors (Lipinski definition) is 2. The molecule has 6 nitrogen and oxygen atoms in total. The van der Waals surface area contributed by atoms with Crippen LogP contribution in [0.1, 0.15) is 35.8 Å². The zero-order valence-electron chi connectivity index (χ0n) is 16.3. The molecule has 1 fully saturated rings. The number of carbonyl (C=O) groups excluding carboxylic acids is 2. The zero-order chi connectivity index (χ0) is 23.1. The Labute approximate surface area is 173 Å². The quantitative estimate of drug-likeness (QED) is 0.707. The molecule has 1 aliphatic heterocycles. The molecule has 3 rings (SSSR count). The Morgan fingerprint density at radius 1 is 1.16 bits per heavy atom. The fraction of sp³-hybridized carbons (Fsp3) is 0.350. The highest BCUT2D eigenvalue weighted by atomic mass is 19.4. The lowest BCUT2D eigenvalue weighted by Gasteiger charge is -2.31. The predicted molar refractivity (Wildman–Crippen MR) is 99.0 cm³/mol. The number of rotatable bonds is 4. The molecule has 2 heterocycles. The van der Waals surface area contributed by atoms with Crippen LogP contribution < -0.4 is 11.1 Å². The number of ether oxygens (including phenoxy) is 1. The first kappa shape index (κ1) is 22.6. The van der Waals surface area contributed by atoms with E-state index in [-0.39, 0.29) is 16.9 Å². The lowest BCUT2D eigenvalue weighted by Crippen LogP contribution is -2.47. The molecule has 1 aromatic carbocycles. The van der Waals surface area contributed by atoms with Gasteiger partial charge < -0.3 is 15.8 Å². The van der Waals surface area contributed by atoms with Crippen molar-refractivity contribution in [1.29, 1.82) is 0 Å². The van der Waals surface area contributed by atoms with Gasteiger partial charge >= 0.3 is 6.18 Å². The minimum atomic E-state index is -4.84. The number of amides is 2. The molecule has 0 radical (unpaired) electrons. The molecular weight excluding hydrogens is 425 g/mol. The summed E-state index contributed by atoms with van der Waals surface area (Å²) in [7, 11) is 0. The van der Waals surface area contributed by atoms with Crippen LogP contribution in [0.4, 0.5) is 27.6 Å². The first-order valence-electron chi connectivity index (χ1n) is 9.11. The molecule has 1 aromatic heterocycles. The van der Waals surface area contributed by atoms with Crippen LogP contribution in [0.5, 0.6) is 0 Å². The van der Waals surface area contributed by atoms with Gasteiger partial charge in [0.05, 0.1) is 0 Å². The van der Waals surface area contributed by atoms with E-state index in [0.29, 0.717) is 0 Å². The van der Waals surface area contributed by atoms with Crippen LogP contribution in [-0.4, -0.2) is 34.7 Å². The van der Waals surface area contributed by atoms with Crippen molar-refractivity contribution in [3.8, 4) is 0 Å². The second kappa shape index (κ2) is 7.88. The highest BCUT2D eigenvalue weighted by Crippen LogP contribution is 2.53. The summed E-state index contributed by atoms with van der Waals surface area (Å²) in [6.45, 7) is 2.03. The molecule has 1 saturated heterocycles. The van der Waals surface area contributed by atoms with Crippen LogP contribution in [0, 0.1) is 17.6 Å². The molecule has 0 spiro atoms. The molecule has 1 aliphatic rings. The molecule has 11 heteroatoms. The number of anilines is 1. The minimum absolute atomic E-state index is 0.0212. The van der Waals surface area contributed by atoms with E-state index in [4.69, 9.17) is 10.5 Å².